The molecule has 2 fully saturated rings. The highest BCUT2D eigenvalue weighted by Gasteiger charge is 2.35. The molecule has 0 aromatic heterocycles. The molecule has 26 heavy (non-hydrogen) atoms. The smallest absolute Gasteiger partial charge is 0.316 e. The van der Waals surface area contributed by atoms with Crippen molar-refractivity contribution in [3.63, 3.8) is 0 Å². The summed E-state index contributed by atoms with van der Waals surface area (Å²) in [6.45, 7) is 2.95. The van der Waals surface area contributed by atoms with Gasteiger partial charge in [-0.2, -0.15) is 0 Å². The highest BCUT2D eigenvalue weighted by Crippen LogP contribution is 2.24. The Balaban J connectivity index is 1.97. The maximum absolute atomic E-state index is 12.1. The van der Waals surface area contributed by atoms with E-state index in [-0.39, 0.29) is 30.8 Å². The SMILES string of the molecule is COC(=O)C(CC(C)=N)C(=N)N1CCC(NC2CCCCC2)C(CO)C1. The molecule has 7 nitrogen and oxygen atoms in total. The molecular formula is C19H34N4O3. The van der Waals surface area contributed by atoms with E-state index >= 15 is 0 Å². The number of hydrogen-bond donors (Lipinski definition) is 4. The summed E-state index contributed by atoms with van der Waals surface area (Å²) in [4.78, 5) is 13.9. The van der Waals surface area contributed by atoms with E-state index in [1.165, 1.54) is 39.2 Å². The van der Waals surface area contributed by atoms with Gasteiger partial charge in [0.25, 0.3) is 0 Å². The number of rotatable bonds is 7. The Bertz CT molecular complexity index is 505. The number of aliphatic hydroxyl groups is 1. The van der Waals surface area contributed by atoms with Crippen LogP contribution in [0, 0.1) is 22.7 Å². The third-order valence-corrected chi connectivity index (χ3v) is 5.69. The Morgan fingerprint density at radius 1 is 1.27 bits per heavy atom. The summed E-state index contributed by atoms with van der Waals surface area (Å²) in [5.41, 5.74) is 0.359. The number of nitrogens with zero attached hydrogens (tertiary/aromatic N) is 1. The van der Waals surface area contributed by atoms with Crippen molar-refractivity contribution in [2.45, 2.75) is 64.0 Å². The van der Waals surface area contributed by atoms with Crippen molar-refractivity contribution in [1.82, 2.24) is 10.2 Å². The molecule has 2 rings (SSSR count). The molecule has 0 aromatic rings. The average Bonchev–Trinajstić information content (AvgIpc) is 2.66. The van der Waals surface area contributed by atoms with Gasteiger partial charge in [-0.1, -0.05) is 19.3 Å². The number of amidine groups is 1. The second-order valence-electron chi connectivity index (χ2n) is 7.73. The number of carbonyl (C=O) groups excluding carboxylic acids is 1. The molecule has 3 unspecified atom stereocenters. The molecule has 0 aromatic carbocycles. The van der Waals surface area contributed by atoms with Gasteiger partial charge in [0, 0.05) is 49.8 Å². The molecular weight excluding hydrogens is 332 g/mol. The Morgan fingerprint density at radius 3 is 2.54 bits per heavy atom. The first-order valence-electron chi connectivity index (χ1n) is 9.78. The number of nitrogens with one attached hydrogen (secondary N) is 3. The fraction of sp³-hybridized carbons (Fsp3) is 0.842. The number of methoxy groups -OCH3 is 1. The van der Waals surface area contributed by atoms with E-state index in [1.807, 2.05) is 4.90 Å². The Morgan fingerprint density at radius 2 is 1.96 bits per heavy atom. The number of ether oxygens (including phenoxy) is 1. The van der Waals surface area contributed by atoms with Crippen LogP contribution in [-0.2, 0) is 9.53 Å². The second-order valence-corrected chi connectivity index (χ2v) is 7.73. The summed E-state index contributed by atoms with van der Waals surface area (Å²) in [6, 6.07) is 0.797. The van der Waals surface area contributed by atoms with E-state index in [4.69, 9.17) is 15.6 Å². The van der Waals surface area contributed by atoms with Crippen molar-refractivity contribution in [3.8, 4) is 0 Å². The van der Waals surface area contributed by atoms with E-state index in [0.29, 0.717) is 24.8 Å². The molecule has 148 valence electrons. The fourth-order valence-electron chi connectivity index (χ4n) is 4.19. The molecule has 3 atom stereocenters. The lowest BCUT2D eigenvalue weighted by Gasteiger charge is -2.42. The normalized spacial score (nSPS) is 25.6. The Hall–Kier alpha value is -1.47. The van der Waals surface area contributed by atoms with Gasteiger partial charge in [-0.05, 0) is 26.2 Å². The van der Waals surface area contributed by atoms with Crippen LogP contribution in [0.2, 0.25) is 0 Å². The summed E-state index contributed by atoms with van der Waals surface area (Å²) in [6.07, 6.45) is 7.33. The van der Waals surface area contributed by atoms with E-state index in [1.54, 1.807) is 6.92 Å². The third-order valence-electron chi connectivity index (χ3n) is 5.69. The second kappa shape index (κ2) is 10.0. The minimum absolute atomic E-state index is 0.0467. The first-order chi connectivity index (χ1) is 12.5. The highest BCUT2D eigenvalue weighted by molar-refractivity contribution is 6.02. The first kappa shape index (κ1) is 20.8. The van der Waals surface area contributed by atoms with E-state index in [9.17, 15) is 9.90 Å². The summed E-state index contributed by atoms with van der Waals surface area (Å²) in [5.74, 6) is -0.951. The van der Waals surface area contributed by atoms with Gasteiger partial charge >= 0.3 is 5.97 Å². The van der Waals surface area contributed by atoms with Crippen LogP contribution < -0.4 is 5.32 Å². The van der Waals surface area contributed by atoms with Crippen LogP contribution in [0.15, 0.2) is 0 Å². The molecule has 1 aliphatic heterocycles. The molecule has 1 aliphatic carbocycles. The maximum atomic E-state index is 12.1. The zero-order valence-electron chi connectivity index (χ0n) is 16.1. The molecule has 0 amide bonds. The van der Waals surface area contributed by atoms with E-state index in [2.05, 4.69) is 5.32 Å². The molecule has 1 saturated heterocycles. The van der Waals surface area contributed by atoms with Crippen LogP contribution in [0.25, 0.3) is 0 Å². The Labute approximate surface area is 156 Å². The average molecular weight is 367 g/mol. The molecule has 1 saturated carbocycles. The molecule has 2 aliphatic rings. The Kier molecular flexibility index (Phi) is 8.03. The summed E-state index contributed by atoms with van der Waals surface area (Å²) < 4.78 is 4.84. The van der Waals surface area contributed by atoms with Crippen LogP contribution in [0.3, 0.4) is 0 Å². The van der Waals surface area contributed by atoms with Crippen molar-refractivity contribution < 1.29 is 14.6 Å². The quantitative estimate of drug-likeness (QED) is 0.312. The van der Waals surface area contributed by atoms with Gasteiger partial charge in [0.2, 0.25) is 0 Å². The predicted octanol–water partition coefficient (Wildman–Crippen LogP) is 1.79. The minimum Gasteiger partial charge on any atom is -0.468 e. The van der Waals surface area contributed by atoms with Crippen molar-refractivity contribution in [3.05, 3.63) is 0 Å². The van der Waals surface area contributed by atoms with Crippen molar-refractivity contribution in [2.24, 2.45) is 11.8 Å². The van der Waals surface area contributed by atoms with E-state index in [0.717, 1.165) is 6.42 Å². The molecule has 4 N–H and O–H groups in total. The van der Waals surface area contributed by atoms with Gasteiger partial charge in [0.05, 0.1) is 7.11 Å². The lowest BCUT2D eigenvalue weighted by molar-refractivity contribution is -0.143. The minimum atomic E-state index is -0.736. The summed E-state index contributed by atoms with van der Waals surface area (Å²) in [7, 11) is 1.32. The lowest BCUT2D eigenvalue weighted by Crippen LogP contribution is -2.56. The number of carbonyl (C=O) groups is 1. The van der Waals surface area contributed by atoms with Gasteiger partial charge in [0.15, 0.2) is 0 Å². The standard InChI is InChI=1S/C19H34N4O3/c1-13(20)10-16(19(25)26-2)18(21)23-9-8-17(14(11-23)12-24)22-15-6-4-3-5-7-15/h14-17,20-22,24H,3-12H2,1-2H3. The summed E-state index contributed by atoms with van der Waals surface area (Å²) >= 11 is 0. The topological polar surface area (TPSA) is 110 Å². The largest absolute Gasteiger partial charge is 0.468 e. The lowest BCUT2D eigenvalue weighted by atomic mass is 9.88. The first-order valence-corrected chi connectivity index (χ1v) is 9.78. The third kappa shape index (κ3) is 5.51. The zero-order valence-corrected chi connectivity index (χ0v) is 16.1. The predicted molar refractivity (Wildman–Crippen MR) is 102 cm³/mol. The maximum Gasteiger partial charge on any atom is 0.316 e. The van der Waals surface area contributed by atoms with Gasteiger partial charge < -0.3 is 25.5 Å². The molecule has 0 bridgehead atoms. The van der Waals surface area contributed by atoms with Gasteiger partial charge in [-0.3, -0.25) is 10.2 Å². The number of aliphatic hydroxyl groups excluding tert-OH is 1. The van der Waals surface area contributed by atoms with Crippen LogP contribution in [-0.4, -0.2) is 66.4 Å². The van der Waals surface area contributed by atoms with Gasteiger partial charge in [0.1, 0.15) is 11.8 Å². The highest BCUT2D eigenvalue weighted by atomic mass is 16.5. The summed E-state index contributed by atoms with van der Waals surface area (Å²) in [5, 5.41) is 29.8. The van der Waals surface area contributed by atoms with Crippen LogP contribution >= 0.6 is 0 Å². The number of likely N-dealkylation sites (tertiary alicyclic amines) is 1. The van der Waals surface area contributed by atoms with Crippen molar-refractivity contribution in [2.75, 3.05) is 26.8 Å². The number of hydrogen-bond acceptors (Lipinski definition) is 6. The van der Waals surface area contributed by atoms with Crippen molar-refractivity contribution in [1.29, 1.82) is 10.8 Å². The molecule has 0 radical (unpaired) electrons. The molecule has 0 spiro atoms. The van der Waals surface area contributed by atoms with Crippen molar-refractivity contribution >= 4 is 17.5 Å². The molecule has 7 heteroatoms. The molecule has 1 heterocycles. The van der Waals surface area contributed by atoms with Gasteiger partial charge in [-0.25, -0.2) is 0 Å². The zero-order chi connectivity index (χ0) is 19.1. The van der Waals surface area contributed by atoms with Gasteiger partial charge in [-0.15, -0.1) is 0 Å². The number of esters is 1. The monoisotopic (exact) mass is 366 g/mol. The van der Waals surface area contributed by atoms with Crippen LogP contribution in [0.4, 0.5) is 0 Å². The number of piperidine rings is 1. The van der Waals surface area contributed by atoms with Crippen LogP contribution in [0.5, 0.6) is 0 Å². The van der Waals surface area contributed by atoms with E-state index < -0.39 is 11.9 Å². The fourth-order valence-corrected chi connectivity index (χ4v) is 4.19. The van der Waals surface area contributed by atoms with Crippen LogP contribution in [0.1, 0.15) is 51.9 Å².